The third-order valence-electron chi connectivity index (χ3n) is 5.10. The number of anilines is 2. The number of nitrogens with one attached hydrogen (secondary N) is 1. The van der Waals surface area contributed by atoms with Crippen molar-refractivity contribution in [2.75, 3.05) is 54.1 Å². The number of hydrogen-bond donors (Lipinski definition) is 1. The Morgan fingerprint density at radius 1 is 1.07 bits per heavy atom. The van der Waals surface area contributed by atoms with Gasteiger partial charge in [0.05, 0.1) is 18.6 Å². The van der Waals surface area contributed by atoms with Gasteiger partial charge in [0, 0.05) is 36.0 Å². The molecule has 0 radical (unpaired) electrons. The molecule has 10 heteroatoms. The van der Waals surface area contributed by atoms with Gasteiger partial charge in [-0.15, -0.1) is 0 Å². The first kappa shape index (κ1) is 19.3. The van der Waals surface area contributed by atoms with Gasteiger partial charge in [-0.2, -0.15) is 11.8 Å². The number of thioether (sulfide) groups is 1. The molecule has 3 aliphatic heterocycles. The van der Waals surface area contributed by atoms with E-state index in [1.807, 2.05) is 36.0 Å². The molecule has 150 valence electrons. The van der Waals surface area contributed by atoms with Crippen LogP contribution in [0, 0.1) is 0 Å². The highest BCUT2D eigenvalue weighted by atomic mass is 32.2. The van der Waals surface area contributed by atoms with Crippen molar-refractivity contribution >= 4 is 53.0 Å². The largest absolute Gasteiger partial charge is 0.447 e. The molecule has 0 aliphatic carbocycles. The Morgan fingerprint density at radius 3 is 2.36 bits per heavy atom. The van der Waals surface area contributed by atoms with E-state index in [-0.39, 0.29) is 24.5 Å². The van der Waals surface area contributed by atoms with Gasteiger partial charge >= 0.3 is 12.2 Å². The zero-order valence-corrected chi connectivity index (χ0v) is 16.9. The zero-order valence-electron chi connectivity index (χ0n) is 15.3. The number of rotatable bonds is 6. The fourth-order valence-corrected chi connectivity index (χ4v) is 4.74. The summed E-state index contributed by atoms with van der Waals surface area (Å²) in [5.74, 6) is 2.11. The molecular formula is C18H22N4O4S2. The van der Waals surface area contributed by atoms with Crippen LogP contribution >= 0.6 is 24.0 Å². The van der Waals surface area contributed by atoms with Gasteiger partial charge in [0.2, 0.25) is 0 Å². The van der Waals surface area contributed by atoms with E-state index >= 15 is 0 Å². The Labute approximate surface area is 173 Å². The molecule has 8 nitrogen and oxygen atoms in total. The highest BCUT2D eigenvalue weighted by Crippen LogP contribution is 2.28. The van der Waals surface area contributed by atoms with Crippen molar-refractivity contribution in [3.8, 4) is 0 Å². The molecule has 3 saturated heterocycles. The first-order chi connectivity index (χ1) is 13.7. The number of hydrogen-bond acceptors (Lipinski definition) is 7. The lowest BCUT2D eigenvalue weighted by Crippen LogP contribution is -2.56. The second-order valence-corrected chi connectivity index (χ2v) is 8.15. The topological polar surface area (TPSA) is 74.3 Å². The minimum atomic E-state index is -0.374. The van der Waals surface area contributed by atoms with E-state index in [4.69, 9.17) is 21.7 Å². The van der Waals surface area contributed by atoms with E-state index in [1.54, 1.807) is 9.80 Å². The molecule has 1 unspecified atom stereocenters. The Balaban J connectivity index is 1.46. The summed E-state index contributed by atoms with van der Waals surface area (Å²) in [6.07, 6.45) is -1.17. The maximum Gasteiger partial charge on any atom is 0.414 e. The van der Waals surface area contributed by atoms with Gasteiger partial charge in [-0.1, -0.05) is 12.2 Å². The van der Waals surface area contributed by atoms with Crippen LogP contribution in [0.15, 0.2) is 24.3 Å². The lowest BCUT2D eigenvalue weighted by molar-refractivity contribution is 0.0570. The minimum absolute atomic E-state index is 0.133. The molecule has 0 saturated carbocycles. The van der Waals surface area contributed by atoms with Crippen LogP contribution in [0.4, 0.5) is 21.0 Å². The highest BCUT2D eigenvalue weighted by molar-refractivity contribution is 7.99. The summed E-state index contributed by atoms with van der Waals surface area (Å²) >= 11 is 6.92. The minimum Gasteiger partial charge on any atom is -0.447 e. The normalized spacial score (nSPS) is 24.1. The lowest BCUT2D eigenvalue weighted by atomic mass is 10.2. The van der Waals surface area contributed by atoms with E-state index in [0.29, 0.717) is 19.7 Å². The van der Waals surface area contributed by atoms with E-state index < -0.39 is 0 Å². The van der Waals surface area contributed by atoms with Crippen LogP contribution in [-0.2, 0) is 9.47 Å². The summed E-state index contributed by atoms with van der Waals surface area (Å²) in [4.78, 5) is 29.7. The van der Waals surface area contributed by atoms with Gasteiger partial charge in [-0.05, 0) is 24.3 Å². The summed E-state index contributed by atoms with van der Waals surface area (Å²) in [7, 11) is 0. The number of amides is 2. The number of benzene rings is 1. The number of thiocarbonyl (C=S) groups is 1. The van der Waals surface area contributed by atoms with Crippen molar-refractivity contribution < 1.29 is 19.1 Å². The first-order valence-corrected chi connectivity index (χ1v) is 10.8. The molecule has 3 aliphatic rings. The second kappa shape index (κ2) is 8.54. The molecule has 4 rings (SSSR count). The summed E-state index contributed by atoms with van der Waals surface area (Å²) in [6, 6.07) is 7.28. The van der Waals surface area contributed by atoms with Crippen molar-refractivity contribution in [2.24, 2.45) is 0 Å². The maximum atomic E-state index is 12.5. The van der Waals surface area contributed by atoms with Crippen molar-refractivity contribution in [1.29, 1.82) is 0 Å². The Morgan fingerprint density at radius 2 is 1.75 bits per heavy atom. The predicted octanol–water partition coefficient (Wildman–Crippen LogP) is 1.89. The van der Waals surface area contributed by atoms with Gasteiger partial charge < -0.3 is 14.8 Å². The average molecular weight is 423 g/mol. The van der Waals surface area contributed by atoms with Gasteiger partial charge in [-0.3, -0.25) is 14.7 Å². The number of cyclic esters (lactones) is 2. The summed E-state index contributed by atoms with van der Waals surface area (Å²) in [5.41, 5.74) is 2.98. The summed E-state index contributed by atoms with van der Waals surface area (Å²) in [5, 5.41) is 3.18. The Bertz CT molecular complexity index is 742. The molecule has 2 atom stereocenters. The number of nitrogens with zero attached hydrogens (tertiary/aromatic N) is 3. The van der Waals surface area contributed by atoms with Crippen LogP contribution in [0.1, 0.15) is 0 Å². The van der Waals surface area contributed by atoms with Crippen molar-refractivity contribution in [3.05, 3.63) is 24.3 Å². The zero-order chi connectivity index (χ0) is 19.5. The van der Waals surface area contributed by atoms with Gasteiger partial charge in [0.1, 0.15) is 12.8 Å². The van der Waals surface area contributed by atoms with E-state index in [0.717, 1.165) is 36.0 Å². The second-order valence-electron chi connectivity index (χ2n) is 6.69. The van der Waals surface area contributed by atoms with Crippen LogP contribution in [0.5, 0.6) is 0 Å². The van der Waals surface area contributed by atoms with Crippen molar-refractivity contribution in [1.82, 2.24) is 10.2 Å². The maximum absolute atomic E-state index is 12.5. The molecular weight excluding hydrogens is 400 g/mol. The Kier molecular flexibility index (Phi) is 5.88. The third kappa shape index (κ3) is 3.89. The molecule has 1 aromatic carbocycles. The van der Waals surface area contributed by atoms with Crippen LogP contribution < -0.4 is 15.1 Å². The van der Waals surface area contributed by atoms with E-state index in [9.17, 15) is 9.59 Å². The number of carbonyl (C=O) groups is 2. The van der Waals surface area contributed by atoms with Gasteiger partial charge in [-0.25, -0.2) is 9.59 Å². The Hall–Kier alpha value is -2.04. The predicted molar refractivity (Wildman–Crippen MR) is 112 cm³/mol. The molecule has 2 amide bonds. The standard InChI is InChI=1S/C18H22N4O4S2/c23-17-21(5-8-25-17)13-1-3-14(4-2-13)22-11-15(26-18(22)24)16(19-12-27)20-6-9-28-10-7-20/h1-4,12,15-16H,5-11H2,(H,19,27)/t15-,16?/m0/s1. The number of ether oxygens (including phenoxy) is 2. The summed E-state index contributed by atoms with van der Waals surface area (Å²) in [6.45, 7) is 3.23. The molecule has 3 heterocycles. The third-order valence-corrected chi connectivity index (χ3v) is 6.18. The van der Waals surface area contributed by atoms with E-state index in [1.165, 1.54) is 5.49 Å². The van der Waals surface area contributed by atoms with E-state index in [2.05, 4.69) is 10.2 Å². The fourth-order valence-electron chi connectivity index (χ4n) is 3.67. The lowest BCUT2D eigenvalue weighted by Gasteiger charge is -2.36. The SMILES string of the molecule is O=C1OCCN1c1ccc(N2C[C@@H](C(NC=S)N3CCSCC3)OC2=O)cc1. The molecule has 1 aromatic rings. The highest BCUT2D eigenvalue weighted by Gasteiger charge is 2.40. The molecule has 0 aromatic heterocycles. The molecule has 3 fully saturated rings. The van der Waals surface area contributed by atoms with Crippen LogP contribution in [-0.4, -0.2) is 79.1 Å². The monoisotopic (exact) mass is 422 g/mol. The van der Waals surface area contributed by atoms with Crippen LogP contribution in [0.3, 0.4) is 0 Å². The average Bonchev–Trinajstić information content (AvgIpc) is 3.32. The van der Waals surface area contributed by atoms with Crippen molar-refractivity contribution in [2.45, 2.75) is 12.3 Å². The first-order valence-electron chi connectivity index (χ1n) is 9.21. The molecule has 1 N–H and O–H groups in total. The van der Waals surface area contributed by atoms with Crippen LogP contribution in [0.25, 0.3) is 0 Å². The summed E-state index contributed by atoms with van der Waals surface area (Å²) < 4.78 is 10.6. The van der Waals surface area contributed by atoms with Crippen molar-refractivity contribution in [3.63, 3.8) is 0 Å². The molecule has 28 heavy (non-hydrogen) atoms. The molecule has 0 bridgehead atoms. The van der Waals surface area contributed by atoms with Crippen LogP contribution in [0.2, 0.25) is 0 Å². The van der Waals surface area contributed by atoms with Gasteiger partial charge in [0.15, 0.2) is 6.10 Å². The smallest absolute Gasteiger partial charge is 0.414 e. The van der Waals surface area contributed by atoms with Gasteiger partial charge in [0.25, 0.3) is 0 Å². The number of carbonyl (C=O) groups excluding carboxylic acids is 2. The molecule has 0 spiro atoms. The fraction of sp³-hybridized carbons (Fsp3) is 0.500. The quantitative estimate of drug-likeness (QED) is 0.697.